The largest absolute Gasteiger partial charge is 0.368 e. The highest BCUT2D eigenvalue weighted by molar-refractivity contribution is 6.30. The molecule has 1 fully saturated rings. The SMILES string of the molecule is O=C(CCn1[nH]c(=O)c2ccccc2c1=O)NCC(=O)N1CCN(c2ccc(Cl)cc2)CC1. The maximum atomic E-state index is 12.5. The molecular formula is C23H24ClN5O4. The Morgan fingerprint density at radius 3 is 2.30 bits per heavy atom. The molecule has 2 amide bonds. The summed E-state index contributed by atoms with van der Waals surface area (Å²) < 4.78 is 1.13. The van der Waals surface area contributed by atoms with Gasteiger partial charge in [-0.25, -0.2) is 4.68 Å². The number of aromatic nitrogens is 2. The molecule has 0 spiro atoms. The van der Waals surface area contributed by atoms with Gasteiger partial charge in [0.2, 0.25) is 11.8 Å². The number of halogens is 1. The maximum Gasteiger partial charge on any atom is 0.273 e. The van der Waals surface area contributed by atoms with Crippen molar-refractivity contribution in [1.82, 2.24) is 20.0 Å². The fraction of sp³-hybridized carbons (Fsp3) is 0.304. The molecule has 2 heterocycles. The Labute approximate surface area is 194 Å². The van der Waals surface area contributed by atoms with Gasteiger partial charge in [-0.1, -0.05) is 23.7 Å². The van der Waals surface area contributed by atoms with Crippen LogP contribution >= 0.6 is 11.6 Å². The summed E-state index contributed by atoms with van der Waals surface area (Å²) in [4.78, 5) is 53.2. The molecule has 172 valence electrons. The van der Waals surface area contributed by atoms with E-state index in [1.54, 1.807) is 29.2 Å². The zero-order chi connectivity index (χ0) is 23.4. The number of rotatable bonds is 6. The van der Waals surface area contributed by atoms with Gasteiger partial charge in [-0.3, -0.25) is 24.3 Å². The van der Waals surface area contributed by atoms with Crippen LogP contribution in [0.15, 0.2) is 58.1 Å². The number of aryl methyl sites for hydroxylation is 1. The molecule has 0 atom stereocenters. The first-order valence-electron chi connectivity index (χ1n) is 10.7. The second kappa shape index (κ2) is 9.91. The van der Waals surface area contributed by atoms with Crippen LogP contribution in [0.4, 0.5) is 5.69 Å². The van der Waals surface area contributed by atoms with E-state index >= 15 is 0 Å². The van der Waals surface area contributed by atoms with E-state index in [0.29, 0.717) is 42.0 Å². The Bertz CT molecular complexity index is 1280. The summed E-state index contributed by atoms with van der Waals surface area (Å²) in [5, 5.41) is 6.39. The van der Waals surface area contributed by atoms with Gasteiger partial charge >= 0.3 is 0 Å². The number of hydrogen-bond donors (Lipinski definition) is 2. The van der Waals surface area contributed by atoms with Crippen molar-refractivity contribution < 1.29 is 9.59 Å². The monoisotopic (exact) mass is 469 g/mol. The van der Waals surface area contributed by atoms with E-state index in [1.807, 2.05) is 24.3 Å². The van der Waals surface area contributed by atoms with Crippen LogP contribution in [0, 0.1) is 0 Å². The number of benzene rings is 2. The molecule has 3 aromatic rings. The van der Waals surface area contributed by atoms with Crippen LogP contribution in [0.2, 0.25) is 5.02 Å². The lowest BCUT2D eigenvalue weighted by molar-refractivity contribution is -0.133. The van der Waals surface area contributed by atoms with Crippen LogP contribution < -0.4 is 21.3 Å². The highest BCUT2D eigenvalue weighted by Crippen LogP contribution is 2.19. The van der Waals surface area contributed by atoms with Crippen LogP contribution in [-0.2, 0) is 16.1 Å². The first-order chi connectivity index (χ1) is 15.9. The highest BCUT2D eigenvalue weighted by atomic mass is 35.5. The molecule has 33 heavy (non-hydrogen) atoms. The zero-order valence-electron chi connectivity index (χ0n) is 17.9. The van der Waals surface area contributed by atoms with E-state index in [0.717, 1.165) is 10.4 Å². The van der Waals surface area contributed by atoms with Gasteiger partial charge in [0.25, 0.3) is 11.1 Å². The van der Waals surface area contributed by atoms with E-state index < -0.39 is 5.56 Å². The fourth-order valence-corrected chi connectivity index (χ4v) is 3.98. The Morgan fingerprint density at radius 2 is 1.61 bits per heavy atom. The normalized spacial score (nSPS) is 13.8. The van der Waals surface area contributed by atoms with Crippen LogP contribution in [0.3, 0.4) is 0 Å². The van der Waals surface area contributed by atoms with Crippen molar-refractivity contribution in [3.8, 4) is 0 Å². The van der Waals surface area contributed by atoms with Gasteiger partial charge < -0.3 is 15.1 Å². The molecule has 0 radical (unpaired) electrons. The topological polar surface area (TPSA) is 108 Å². The smallest absolute Gasteiger partial charge is 0.273 e. The van der Waals surface area contributed by atoms with Crippen molar-refractivity contribution in [2.75, 3.05) is 37.6 Å². The number of carbonyl (C=O) groups excluding carboxylic acids is 2. The summed E-state index contributed by atoms with van der Waals surface area (Å²) >= 11 is 5.93. The Hall–Kier alpha value is -3.59. The number of anilines is 1. The molecule has 0 bridgehead atoms. The molecule has 1 aromatic heterocycles. The Morgan fingerprint density at radius 1 is 0.939 bits per heavy atom. The number of aromatic amines is 1. The number of amides is 2. The summed E-state index contributed by atoms with van der Waals surface area (Å²) in [6.07, 6.45) is -0.0359. The van der Waals surface area contributed by atoms with Crippen molar-refractivity contribution in [2.24, 2.45) is 0 Å². The predicted octanol–water partition coefficient (Wildman–Crippen LogP) is 1.20. The van der Waals surface area contributed by atoms with Crippen LogP contribution in [0.5, 0.6) is 0 Å². The molecule has 0 unspecified atom stereocenters. The van der Waals surface area contributed by atoms with Gasteiger partial charge in [0.15, 0.2) is 0 Å². The molecule has 0 saturated carbocycles. The van der Waals surface area contributed by atoms with E-state index in [2.05, 4.69) is 15.3 Å². The highest BCUT2D eigenvalue weighted by Gasteiger charge is 2.21. The standard InChI is InChI=1S/C23H24ClN5O4/c24-16-5-7-17(8-6-16)27-11-13-28(14-12-27)21(31)15-25-20(30)9-10-29-23(33)19-4-2-1-3-18(19)22(32)26-29/h1-8H,9-15H2,(H,25,30)(H,26,32). The number of fused-ring (bicyclic) bond motifs is 1. The van der Waals surface area contributed by atoms with Crippen molar-refractivity contribution in [3.63, 3.8) is 0 Å². The van der Waals surface area contributed by atoms with Crippen molar-refractivity contribution >= 4 is 39.9 Å². The molecule has 0 aliphatic carbocycles. The number of nitrogens with zero attached hydrogens (tertiary/aromatic N) is 3. The van der Waals surface area contributed by atoms with Crippen LogP contribution in [0.25, 0.3) is 10.8 Å². The average molecular weight is 470 g/mol. The lowest BCUT2D eigenvalue weighted by Crippen LogP contribution is -2.51. The lowest BCUT2D eigenvalue weighted by Gasteiger charge is -2.36. The van der Waals surface area contributed by atoms with Gasteiger partial charge in [-0.15, -0.1) is 0 Å². The minimum absolute atomic E-state index is 0.0126. The Balaban J connectivity index is 1.25. The Kier molecular flexibility index (Phi) is 6.79. The second-order valence-electron chi connectivity index (χ2n) is 7.81. The summed E-state index contributed by atoms with van der Waals surface area (Å²) in [6.45, 7) is 2.41. The summed E-state index contributed by atoms with van der Waals surface area (Å²) in [5.74, 6) is -0.528. The molecule has 10 heteroatoms. The minimum Gasteiger partial charge on any atom is -0.368 e. The third-order valence-electron chi connectivity index (χ3n) is 5.71. The first-order valence-corrected chi connectivity index (χ1v) is 11.1. The van der Waals surface area contributed by atoms with Crippen molar-refractivity contribution in [1.29, 1.82) is 0 Å². The van der Waals surface area contributed by atoms with Gasteiger partial charge in [0.05, 0.1) is 23.9 Å². The number of H-pyrrole nitrogens is 1. The molecule has 9 nitrogen and oxygen atoms in total. The van der Waals surface area contributed by atoms with Gasteiger partial charge in [-0.2, -0.15) is 0 Å². The van der Waals surface area contributed by atoms with Gasteiger partial charge in [0.1, 0.15) is 0 Å². The quantitative estimate of drug-likeness (QED) is 0.564. The van der Waals surface area contributed by atoms with E-state index in [-0.39, 0.29) is 36.9 Å². The molecule has 4 rings (SSSR count). The minimum atomic E-state index is -0.390. The van der Waals surface area contributed by atoms with Crippen LogP contribution in [-0.4, -0.2) is 59.2 Å². The predicted molar refractivity (Wildman–Crippen MR) is 127 cm³/mol. The molecular weight excluding hydrogens is 446 g/mol. The van der Waals surface area contributed by atoms with Crippen molar-refractivity contribution in [2.45, 2.75) is 13.0 Å². The fourth-order valence-electron chi connectivity index (χ4n) is 3.86. The maximum absolute atomic E-state index is 12.5. The summed E-state index contributed by atoms with van der Waals surface area (Å²) in [6, 6.07) is 14.1. The summed E-state index contributed by atoms with van der Waals surface area (Å²) in [5.41, 5.74) is 0.299. The summed E-state index contributed by atoms with van der Waals surface area (Å²) in [7, 11) is 0. The number of piperazine rings is 1. The third kappa shape index (κ3) is 5.25. The molecule has 1 aliphatic rings. The van der Waals surface area contributed by atoms with E-state index in [1.165, 1.54) is 0 Å². The molecule has 2 N–H and O–H groups in total. The van der Waals surface area contributed by atoms with Crippen molar-refractivity contribution in [3.05, 3.63) is 74.3 Å². The number of nitrogens with one attached hydrogen (secondary N) is 2. The van der Waals surface area contributed by atoms with Gasteiger partial charge in [-0.05, 0) is 36.4 Å². The van der Waals surface area contributed by atoms with E-state index in [9.17, 15) is 19.2 Å². The van der Waals surface area contributed by atoms with Gasteiger partial charge in [0, 0.05) is 43.3 Å². The molecule has 1 aliphatic heterocycles. The second-order valence-corrected chi connectivity index (χ2v) is 8.25. The molecule has 1 saturated heterocycles. The average Bonchev–Trinajstić information content (AvgIpc) is 2.84. The third-order valence-corrected chi connectivity index (χ3v) is 5.96. The molecule has 2 aromatic carbocycles. The number of carbonyl (C=O) groups is 2. The lowest BCUT2D eigenvalue weighted by atomic mass is 10.2. The van der Waals surface area contributed by atoms with Crippen LogP contribution in [0.1, 0.15) is 6.42 Å². The van der Waals surface area contributed by atoms with E-state index in [4.69, 9.17) is 11.6 Å². The first kappa shape index (κ1) is 22.6. The zero-order valence-corrected chi connectivity index (χ0v) is 18.7. The number of hydrogen-bond acceptors (Lipinski definition) is 5.